The molecule has 0 aromatic carbocycles. The molecule has 1 aromatic heterocycles. The van der Waals surface area contributed by atoms with E-state index >= 15 is 0 Å². The highest BCUT2D eigenvalue weighted by Crippen LogP contribution is 2.14. The number of pyridine rings is 1. The first-order chi connectivity index (χ1) is 14.3. The van der Waals surface area contributed by atoms with Crippen molar-refractivity contribution >= 4 is 5.91 Å². The first kappa shape index (κ1) is 26.9. The number of nitrogens with zero attached hydrogens (tertiary/aromatic N) is 2. The number of aryl methyl sites for hydroxylation is 1. The van der Waals surface area contributed by atoms with Crippen LogP contribution < -0.4 is 17.0 Å². The summed E-state index contributed by atoms with van der Waals surface area (Å²) in [5, 5.41) is 0. The van der Waals surface area contributed by atoms with Crippen LogP contribution in [0.1, 0.15) is 115 Å². The van der Waals surface area contributed by atoms with E-state index in [1.807, 2.05) is 4.90 Å². The van der Waals surface area contributed by atoms with Gasteiger partial charge in [-0.3, -0.25) is 9.69 Å². The van der Waals surface area contributed by atoms with Crippen LogP contribution in [-0.4, -0.2) is 17.4 Å². The molecule has 3 nitrogen and oxygen atoms in total. The minimum atomic E-state index is 0. The molecule has 0 N–H and O–H groups in total. The smallest absolute Gasteiger partial charge is 0.227 e. The quantitative estimate of drug-likeness (QED) is 0.270. The molecule has 2 heterocycles. The second kappa shape index (κ2) is 17.6. The van der Waals surface area contributed by atoms with Crippen LogP contribution in [0.3, 0.4) is 0 Å². The fourth-order valence-corrected chi connectivity index (χ4v) is 4.39. The summed E-state index contributed by atoms with van der Waals surface area (Å²) in [5.41, 5.74) is 1.40. The number of aromatic nitrogens is 1. The Hall–Kier alpha value is -1.09. The van der Waals surface area contributed by atoms with Crippen LogP contribution in [0.25, 0.3) is 0 Å². The molecule has 0 unspecified atom stereocenters. The van der Waals surface area contributed by atoms with Crippen LogP contribution in [-0.2, 0) is 17.9 Å². The Labute approximate surface area is 192 Å². The van der Waals surface area contributed by atoms with Gasteiger partial charge in [-0.05, 0) is 25.3 Å². The van der Waals surface area contributed by atoms with E-state index < -0.39 is 0 Å². The van der Waals surface area contributed by atoms with Crippen molar-refractivity contribution in [1.29, 1.82) is 0 Å². The van der Waals surface area contributed by atoms with Gasteiger partial charge in [0.25, 0.3) is 0 Å². The lowest BCUT2D eigenvalue weighted by Gasteiger charge is -2.11. The highest BCUT2D eigenvalue weighted by Gasteiger charge is 2.22. The Kier molecular flexibility index (Phi) is 15.8. The third-order valence-corrected chi connectivity index (χ3v) is 6.24. The third-order valence-electron chi connectivity index (χ3n) is 6.24. The van der Waals surface area contributed by atoms with Gasteiger partial charge >= 0.3 is 0 Å². The van der Waals surface area contributed by atoms with E-state index in [1.165, 1.54) is 95.5 Å². The van der Waals surface area contributed by atoms with Crippen molar-refractivity contribution in [1.82, 2.24) is 4.90 Å². The summed E-state index contributed by atoms with van der Waals surface area (Å²) in [7, 11) is 0. The Morgan fingerprint density at radius 3 is 1.97 bits per heavy atom. The third kappa shape index (κ3) is 11.9. The summed E-state index contributed by atoms with van der Waals surface area (Å²) < 4.78 is 2.17. The summed E-state index contributed by atoms with van der Waals surface area (Å²) in [5.74, 6) is 0.301. The molecule has 0 aliphatic carbocycles. The van der Waals surface area contributed by atoms with Gasteiger partial charge in [-0.2, -0.15) is 4.57 Å². The molecule has 1 fully saturated rings. The van der Waals surface area contributed by atoms with Gasteiger partial charge in [-0.15, -0.1) is 0 Å². The molecule has 30 heavy (non-hydrogen) atoms. The molecule has 1 saturated heterocycles. The Morgan fingerprint density at radius 2 is 1.43 bits per heavy atom. The van der Waals surface area contributed by atoms with Crippen LogP contribution in [0.15, 0.2) is 24.5 Å². The summed E-state index contributed by atoms with van der Waals surface area (Å²) in [6, 6.07) is 4.35. The van der Waals surface area contributed by atoms with Crippen LogP contribution in [0.4, 0.5) is 0 Å². The van der Waals surface area contributed by atoms with E-state index in [9.17, 15) is 4.79 Å². The van der Waals surface area contributed by atoms with Gasteiger partial charge < -0.3 is 12.4 Å². The van der Waals surface area contributed by atoms with E-state index in [2.05, 4.69) is 36.0 Å². The topological polar surface area (TPSA) is 24.2 Å². The van der Waals surface area contributed by atoms with Gasteiger partial charge in [-0.1, -0.05) is 90.4 Å². The predicted octanol–water partition coefficient (Wildman–Crippen LogP) is 3.58. The van der Waals surface area contributed by atoms with Crippen LogP contribution >= 0.6 is 0 Å². The van der Waals surface area contributed by atoms with E-state index in [1.54, 1.807) is 0 Å². The zero-order valence-corrected chi connectivity index (χ0v) is 20.2. The first-order valence-corrected chi connectivity index (χ1v) is 12.6. The molecule has 0 radical (unpaired) electrons. The standard InChI is InChI=1S/C26H45N2O.ClH/c1-2-3-4-5-6-7-8-9-10-11-12-13-14-15-18-25-19-16-21-27(23-25)24-28-22-17-20-26(28)29;/h16,19,21,23H,2-15,17-18,20,22,24H2,1H3;1H/q+1;/p-1. The summed E-state index contributed by atoms with van der Waals surface area (Å²) in [6.07, 6.45) is 26.9. The minimum absolute atomic E-state index is 0. The molecule has 1 aliphatic heterocycles. The number of hydrogen-bond donors (Lipinski definition) is 0. The van der Waals surface area contributed by atoms with Crippen molar-refractivity contribution in [3.05, 3.63) is 30.1 Å². The van der Waals surface area contributed by atoms with Crippen molar-refractivity contribution in [2.45, 2.75) is 123 Å². The molecule has 172 valence electrons. The maximum Gasteiger partial charge on any atom is 0.227 e. The second-order valence-electron chi connectivity index (χ2n) is 8.97. The molecular formula is C26H45ClN2O. The Morgan fingerprint density at radius 1 is 0.867 bits per heavy atom. The second-order valence-corrected chi connectivity index (χ2v) is 8.97. The predicted molar refractivity (Wildman–Crippen MR) is 122 cm³/mol. The fourth-order valence-electron chi connectivity index (χ4n) is 4.39. The lowest BCUT2D eigenvalue weighted by atomic mass is 10.0. The maximum absolute atomic E-state index is 11.8. The van der Waals surface area contributed by atoms with Gasteiger partial charge in [0.05, 0.1) is 0 Å². The van der Waals surface area contributed by atoms with E-state index in [0.29, 0.717) is 12.6 Å². The minimum Gasteiger partial charge on any atom is -1.00 e. The van der Waals surface area contributed by atoms with E-state index in [0.717, 1.165) is 25.8 Å². The van der Waals surface area contributed by atoms with Crippen LogP contribution in [0.5, 0.6) is 0 Å². The zero-order chi connectivity index (χ0) is 20.6. The molecule has 2 rings (SSSR count). The number of amides is 1. The molecule has 4 heteroatoms. The van der Waals surface area contributed by atoms with Gasteiger partial charge in [0.15, 0.2) is 12.4 Å². The Balaban J connectivity index is 0.00000450. The van der Waals surface area contributed by atoms with Crippen molar-refractivity contribution in [2.24, 2.45) is 0 Å². The monoisotopic (exact) mass is 436 g/mol. The molecule has 0 spiro atoms. The molecule has 0 atom stereocenters. The van der Waals surface area contributed by atoms with Crippen LogP contribution in [0.2, 0.25) is 0 Å². The number of likely N-dealkylation sites (tertiary alicyclic amines) is 1. The Bertz CT molecular complexity index is 564. The number of rotatable bonds is 17. The molecule has 0 bridgehead atoms. The highest BCUT2D eigenvalue weighted by atomic mass is 35.5. The number of unbranched alkanes of at least 4 members (excludes halogenated alkanes) is 13. The van der Waals surface area contributed by atoms with Gasteiger partial charge in [0.2, 0.25) is 12.6 Å². The number of carbonyl (C=O) groups excluding carboxylic acids is 1. The van der Waals surface area contributed by atoms with E-state index in [-0.39, 0.29) is 12.4 Å². The summed E-state index contributed by atoms with van der Waals surface area (Å²) in [4.78, 5) is 13.8. The zero-order valence-electron chi connectivity index (χ0n) is 19.4. The van der Waals surface area contributed by atoms with Crippen LogP contribution in [0, 0.1) is 0 Å². The average molecular weight is 437 g/mol. The molecule has 1 aliphatic rings. The van der Waals surface area contributed by atoms with Gasteiger partial charge in [0, 0.05) is 24.6 Å². The van der Waals surface area contributed by atoms with Gasteiger partial charge in [0.1, 0.15) is 0 Å². The number of carbonyl (C=O) groups is 1. The number of halogens is 1. The van der Waals surface area contributed by atoms with E-state index in [4.69, 9.17) is 0 Å². The van der Waals surface area contributed by atoms with Crippen molar-refractivity contribution in [3.63, 3.8) is 0 Å². The lowest BCUT2D eigenvalue weighted by Crippen LogP contribution is -3.00. The summed E-state index contributed by atoms with van der Waals surface area (Å²) >= 11 is 0. The lowest BCUT2D eigenvalue weighted by molar-refractivity contribution is -0.712. The van der Waals surface area contributed by atoms with Crippen molar-refractivity contribution < 1.29 is 21.8 Å². The normalized spacial score (nSPS) is 13.6. The largest absolute Gasteiger partial charge is 1.00 e. The SMILES string of the molecule is CCCCCCCCCCCCCCCCc1ccc[n+](CN2CCCC2=O)c1.[Cl-]. The molecule has 0 saturated carbocycles. The molecule has 1 aromatic rings. The summed E-state index contributed by atoms with van der Waals surface area (Å²) in [6.45, 7) is 3.91. The number of hydrogen-bond acceptors (Lipinski definition) is 1. The fraction of sp³-hybridized carbons (Fsp3) is 0.769. The highest BCUT2D eigenvalue weighted by molar-refractivity contribution is 5.77. The van der Waals surface area contributed by atoms with Crippen molar-refractivity contribution in [3.8, 4) is 0 Å². The van der Waals surface area contributed by atoms with Gasteiger partial charge in [-0.25, -0.2) is 0 Å². The molecule has 1 amide bonds. The maximum atomic E-state index is 11.8. The average Bonchev–Trinajstić information content (AvgIpc) is 3.13. The first-order valence-electron chi connectivity index (χ1n) is 12.6. The van der Waals surface area contributed by atoms with Crippen molar-refractivity contribution in [2.75, 3.05) is 6.54 Å². The molecular weight excluding hydrogens is 392 g/mol.